The molecular weight excluding hydrogens is 250 g/mol. The van der Waals surface area contributed by atoms with Crippen molar-refractivity contribution in [3.05, 3.63) is 60.2 Å². The molecule has 0 N–H and O–H groups in total. The van der Waals surface area contributed by atoms with E-state index >= 15 is 0 Å². The summed E-state index contributed by atoms with van der Waals surface area (Å²) in [6.07, 6.45) is 2.37. The maximum absolute atomic E-state index is 2.31. The van der Waals surface area contributed by atoms with Gasteiger partial charge in [0.1, 0.15) is 0 Å². The molecule has 0 aliphatic rings. The van der Waals surface area contributed by atoms with Crippen LogP contribution in [-0.4, -0.2) is 25.5 Å². The van der Waals surface area contributed by atoms with Crippen LogP contribution in [0.15, 0.2) is 64.4 Å². The smallest absolute Gasteiger partial charge is 0.0125 e. The predicted molar refractivity (Wildman–Crippen MR) is 83.9 cm³/mol. The third-order valence-electron chi connectivity index (χ3n) is 2.95. The molecule has 0 spiro atoms. The van der Waals surface area contributed by atoms with Gasteiger partial charge in [-0.05, 0) is 63.3 Å². The lowest BCUT2D eigenvalue weighted by molar-refractivity contribution is 0.400. The Bertz CT molecular complexity index is 494. The Morgan fingerprint density at radius 2 is 1.63 bits per heavy atom. The quantitative estimate of drug-likeness (QED) is 0.769. The van der Waals surface area contributed by atoms with Crippen molar-refractivity contribution in [1.82, 2.24) is 4.90 Å². The van der Waals surface area contributed by atoms with Gasteiger partial charge in [0, 0.05) is 9.79 Å². The highest BCUT2D eigenvalue weighted by Crippen LogP contribution is 2.27. The van der Waals surface area contributed by atoms with Crippen molar-refractivity contribution in [1.29, 1.82) is 0 Å². The normalized spacial score (nSPS) is 10.9. The van der Waals surface area contributed by atoms with Gasteiger partial charge in [-0.1, -0.05) is 42.1 Å². The summed E-state index contributed by atoms with van der Waals surface area (Å²) in [4.78, 5) is 4.87. The molecule has 0 heterocycles. The topological polar surface area (TPSA) is 3.24 Å². The predicted octanol–water partition coefficient (Wildman–Crippen LogP) is 4.33. The minimum atomic E-state index is 1.15. The molecule has 2 rings (SSSR count). The van der Waals surface area contributed by atoms with Crippen molar-refractivity contribution < 1.29 is 0 Å². The first-order valence-corrected chi connectivity index (χ1v) is 7.52. The second-order valence-corrected chi connectivity index (χ2v) is 6.12. The summed E-state index contributed by atoms with van der Waals surface area (Å²) in [5.74, 6) is 0. The maximum atomic E-state index is 2.31. The van der Waals surface area contributed by atoms with Crippen LogP contribution in [0, 0.1) is 0 Å². The zero-order chi connectivity index (χ0) is 13.5. The Morgan fingerprint density at radius 3 is 2.37 bits per heavy atom. The number of nitrogens with zero attached hydrogens (tertiary/aromatic N) is 1. The van der Waals surface area contributed by atoms with Crippen molar-refractivity contribution in [2.75, 3.05) is 20.6 Å². The average molecular weight is 271 g/mol. The van der Waals surface area contributed by atoms with E-state index in [1.165, 1.54) is 21.8 Å². The van der Waals surface area contributed by atoms with E-state index in [0.29, 0.717) is 0 Å². The molecule has 2 aromatic carbocycles. The van der Waals surface area contributed by atoms with Gasteiger partial charge in [0.05, 0.1) is 0 Å². The number of rotatable bonds is 6. The van der Waals surface area contributed by atoms with E-state index in [1.54, 1.807) is 0 Å². The highest BCUT2D eigenvalue weighted by Gasteiger charge is 1.99. The fraction of sp³-hybridized carbons (Fsp3) is 0.294. The number of hydrogen-bond donors (Lipinski definition) is 0. The fourth-order valence-electron chi connectivity index (χ4n) is 1.99. The van der Waals surface area contributed by atoms with Gasteiger partial charge in [0.25, 0.3) is 0 Å². The summed E-state index contributed by atoms with van der Waals surface area (Å²) in [7, 11) is 4.25. The molecular formula is C17H21NS. The van der Waals surface area contributed by atoms with Gasteiger partial charge >= 0.3 is 0 Å². The summed E-state index contributed by atoms with van der Waals surface area (Å²) >= 11 is 1.83. The molecule has 2 heteroatoms. The first kappa shape index (κ1) is 14.2. The van der Waals surface area contributed by atoms with E-state index in [1.807, 2.05) is 11.8 Å². The third-order valence-corrected chi connectivity index (χ3v) is 3.95. The molecule has 0 saturated carbocycles. The second kappa shape index (κ2) is 7.37. The van der Waals surface area contributed by atoms with Crippen LogP contribution in [0.3, 0.4) is 0 Å². The number of hydrogen-bond acceptors (Lipinski definition) is 2. The lowest BCUT2D eigenvalue weighted by Crippen LogP contribution is -2.13. The summed E-state index contributed by atoms with van der Waals surface area (Å²) in [6.45, 7) is 1.15. The van der Waals surface area contributed by atoms with Crippen molar-refractivity contribution in [3.63, 3.8) is 0 Å². The molecule has 0 atom stereocenters. The lowest BCUT2D eigenvalue weighted by atomic mass is 10.1. The molecule has 19 heavy (non-hydrogen) atoms. The van der Waals surface area contributed by atoms with Crippen molar-refractivity contribution in [2.45, 2.75) is 22.6 Å². The number of aryl methyl sites for hydroxylation is 1. The van der Waals surface area contributed by atoms with E-state index < -0.39 is 0 Å². The largest absolute Gasteiger partial charge is 0.309 e. The minimum absolute atomic E-state index is 1.15. The third kappa shape index (κ3) is 5.09. The van der Waals surface area contributed by atoms with Crippen LogP contribution < -0.4 is 0 Å². The Balaban J connectivity index is 1.95. The zero-order valence-electron chi connectivity index (χ0n) is 11.7. The highest BCUT2D eigenvalue weighted by atomic mass is 32.2. The van der Waals surface area contributed by atoms with Gasteiger partial charge in [-0.15, -0.1) is 0 Å². The summed E-state index contributed by atoms with van der Waals surface area (Å²) in [5.41, 5.74) is 1.43. The van der Waals surface area contributed by atoms with Crippen LogP contribution in [0.2, 0.25) is 0 Å². The molecule has 100 valence electrons. The average Bonchev–Trinajstić information content (AvgIpc) is 2.40. The van der Waals surface area contributed by atoms with E-state index in [2.05, 4.69) is 73.6 Å². The van der Waals surface area contributed by atoms with Gasteiger partial charge in [0.2, 0.25) is 0 Å². The van der Waals surface area contributed by atoms with Gasteiger partial charge in [-0.25, -0.2) is 0 Å². The Hall–Kier alpha value is -1.25. The monoisotopic (exact) mass is 271 g/mol. The van der Waals surface area contributed by atoms with Crippen LogP contribution in [0.5, 0.6) is 0 Å². The van der Waals surface area contributed by atoms with E-state index in [9.17, 15) is 0 Å². The van der Waals surface area contributed by atoms with Crippen LogP contribution in [0.25, 0.3) is 0 Å². The number of benzene rings is 2. The van der Waals surface area contributed by atoms with Crippen LogP contribution in [0.4, 0.5) is 0 Å². The summed E-state index contributed by atoms with van der Waals surface area (Å²) < 4.78 is 0. The molecule has 0 aromatic heterocycles. The van der Waals surface area contributed by atoms with Crippen LogP contribution in [-0.2, 0) is 6.42 Å². The molecule has 0 bridgehead atoms. The van der Waals surface area contributed by atoms with Crippen LogP contribution >= 0.6 is 11.8 Å². The van der Waals surface area contributed by atoms with Gasteiger partial charge in [-0.3, -0.25) is 0 Å². The molecule has 0 saturated heterocycles. The van der Waals surface area contributed by atoms with Crippen molar-refractivity contribution in [3.8, 4) is 0 Å². The first-order chi connectivity index (χ1) is 9.24. The van der Waals surface area contributed by atoms with Gasteiger partial charge < -0.3 is 4.90 Å². The summed E-state index contributed by atoms with van der Waals surface area (Å²) in [6, 6.07) is 19.4. The highest BCUT2D eigenvalue weighted by molar-refractivity contribution is 7.99. The van der Waals surface area contributed by atoms with E-state index in [4.69, 9.17) is 0 Å². The van der Waals surface area contributed by atoms with Gasteiger partial charge in [0.15, 0.2) is 0 Å². The SMILES string of the molecule is CN(C)CCCc1cccc(Sc2ccccc2)c1. The lowest BCUT2D eigenvalue weighted by Gasteiger charge is -2.09. The molecule has 0 unspecified atom stereocenters. The molecule has 0 amide bonds. The van der Waals surface area contributed by atoms with E-state index in [0.717, 1.165) is 13.0 Å². The van der Waals surface area contributed by atoms with Crippen molar-refractivity contribution in [2.24, 2.45) is 0 Å². The van der Waals surface area contributed by atoms with Crippen LogP contribution in [0.1, 0.15) is 12.0 Å². The van der Waals surface area contributed by atoms with E-state index in [-0.39, 0.29) is 0 Å². The molecule has 0 aliphatic heterocycles. The molecule has 0 radical (unpaired) electrons. The molecule has 1 nitrogen and oxygen atoms in total. The summed E-state index contributed by atoms with van der Waals surface area (Å²) in [5, 5.41) is 0. The van der Waals surface area contributed by atoms with Gasteiger partial charge in [-0.2, -0.15) is 0 Å². The molecule has 2 aromatic rings. The first-order valence-electron chi connectivity index (χ1n) is 6.70. The maximum Gasteiger partial charge on any atom is 0.0125 e. The standard InChI is InChI=1S/C17H21NS/c1-18(2)13-7-9-15-8-6-12-17(14-15)19-16-10-4-3-5-11-16/h3-6,8,10-12,14H,7,9,13H2,1-2H3. The van der Waals surface area contributed by atoms with Crippen molar-refractivity contribution >= 4 is 11.8 Å². The Labute approximate surface area is 120 Å². The zero-order valence-corrected chi connectivity index (χ0v) is 12.5. The Kier molecular flexibility index (Phi) is 5.49. The fourth-order valence-corrected chi connectivity index (χ4v) is 2.91. The molecule has 0 aliphatic carbocycles. The Morgan fingerprint density at radius 1 is 0.895 bits per heavy atom. The second-order valence-electron chi connectivity index (χ2n) is 4.97. The minimum Gasteiger partial charge on any atom is -0.309 e. The molecule has 0 fully saturated rings.